The van der Waals surface area contributed by atoms with Crippen LogP contribution in [0.2, 0.25) is 0 Å². The third kappa shape index (κ3) is 5.90. The highest BCUT2D eigenvalue weighted by atomic mass is 32.2. The van der Waals surface area contributed by atoms with E-state index in [2.05, 4.69) is 0 Å². The lowest BCUT2D eigenvalue weighted by Gasteiger charge is -2.26. The number of nitrogens with zero attached hydrogens (tertiary/aromatic N) is 2. The molecule has 2 heterocycles. The number of hydrogen-bond donors (Lipinski definition) is 0. The summed E-state index contributed by atoms with van der Waals surface area (Å²) in [7, 11) is 1.47. The van der Waals surface area contributed by atoms with E-state index >= 15 is 0 Å². The molecule has 3 amide bonds. The Hall–Kier alpha value is -3.63. The lowest BCUT2D eigenvalue weighted by molar-refractivity contribution is -0.137. The van der Waals surface area contributed by atoms with Gasteiger partial charge < -0.3 is 19.1 Å². The number of amides is 3. The van der Waals surface area contributed by atoms with Gasteiger partial charge in [-0.15, -0.1) is 0 Å². The van der Waals surface area contributed by atoms with Gasteiger partial charge in [0, 0.05) is 18.7 Å². The third-order valence-electron chi connectivity index (χ3n) is 5.47. The molecule has 0 aromatic heterocycles. The highest BCUT2D eigenvalue weighted by Crippen LogP contribution is 2.34. The largest absolute Gasteiger partial charge is 0.493 e. The summed E-state index contributed by atoms with van der Waals surface area (Å²) in [6, 6.07) is 13.5. The SMILES string of the molecule is COc1cc(/C=C2\SC(=O)N(CC(=O)c3ccccc3)C2=O)ccc1OCC(=O)N1CCOCC1. The molecule has 0 bridgehead atoms. The van der Waals surface area contributed by atoms with Gasteiger partial charge in [-0.1, -0.05) is 36.4 Å². The summed E-state index contributed by atoms with van der Waals surface area (Å²) < 4.78 is 16.3. The smallest absolute Gasteiger partial charge is 0.293 e. The predicted molar refractivity (Wildman–Crippen MR) is 129 cm³/mol. The van der Waals surface area contributed by atoms with Crippen molar-refractivity contribution in [2.45, 2.75) is 0 Å². The second kappa shape index (κ2) is 11.2. The van der Waals surface area contributed by atoms with Crippen molar-refractivity contribution in [3.8, 4) is 11.5 Å². The van der Waals surface area contributed by atoms with Gasteiger partial charge in [0.15, 0.2) is 23.9 Å². The molecule has 35 heavy (non-hydrogen) atoms. The maximum absolute atomic E-state index is 12.8. The van der Waals surface area contributed by atoms with Crippen LogP contribution in [0.1, 0.15) is 15.9 Å². The van der Waals surface area contributed by atoms with Crippen molar-refractivity contribution < 1.29 is 33.4 Å². The fourth-order valence-electron chi connectivity index (χ4n) is 3.58. The van der Waals surface area contributed by atoms with Gasteiger partial charge in [-0.05, 0) is 35.5 Å². The Kier molecular flexibility index (Phi) is 7.84. The summed E-state index contributed by atoms with van der Waals surface area (Å²) in [6.07, 6.45) is 1.56. The highest BCUT2D eigenvalue weighted by Gasteiger charge is 2.36. The second-order valence-electron chi connectivity index (χ2n) is 7.75. The van der Waals surface area contributed by atoms with Crippen LogP contribution in [0.3, 0.4) is 0 Å². The number of imide groups is 1. The van der Waals surface area contributed by atoms with E-state index < -0.39 is 11.1 Å². The Balaban J connectivity index is 1.42. The Morgan fingerprint density at radius 2 is 1.80 bits per heavy atom. The standard InChI is InChI=1S/C25H24N2O7S/c1-32-21-13-17(7-8-20(21)34-16-23(29)26-9-11-33-12-10-26)14-22-24(30)27(25(31)35-22)15-19(28)18-5-3-2-4-6-18/h2-8,13-14H,9-12,15-16H2,1H3/b22-14-. The lowest BCUT2D eigenvalue weighted by atomic mass is 10.1. The number of Topliss-reactive ketones (excluding diaryl/α,β-unsaturated/α-hetero) is 1. The molecule has 2 fully saturated rings. The van der Waals surface area contributed by atoms with Crippen LogP contribution >= 0.6 is 11.8 Å². The Bertz CT molecular complexity index is 1160. The van der Waals surface area contributed by atoms with Gasteiger partial charge in [0.05, 0.1) is 31.8 Å². The first-order valence-corrected chi connectivity index (χ1v) is 11.8. The third-order valence-corrected chi connectivity index (χ3v) is 6.38. The Morgan fingerprint density at radius 3 is 2.51 bits per heavy atom. The molecule has 0 radical (unpaired) electrons. The van der Waals surface area contributed by atoms with E-state index in [4.69, 9.17) is 14.2 Å². The van der Waals surface area contributed by atoms with E-state index in [1.165, 1.54) is 7.11 Å². The van der Waals surface area contributed by atoms with E-state index in [1.807, 2.05) is 0 Å². The second-order valence-corrected chi connectivity index (χ2v) is 8.74. The molecule has 0 spiro atoms. The zero-order valence-corrected chi connectivity index (χ0v) is 19.9. The van der Waals surface area contributed by atoms with Crippen molar-refractivity contribution in [3.63, 3.8) is 0 Å². The first kappa shape index (κ1) is 24.5. The monoisotopic (exact) mass is 496 g/mol. The van der Waals surface area contributed by atoms with Crippen LogP contribution in [0.15, 0.2) is 53.4 Å². The molecule has 0 atom stereocenters. The summed E-state index contributed by atoms with van der Waals surface area (Å²) in [5, 5.41) is -0.501. The molecule has 0 unspecified atom stereocenters. The molecule has 10 heteroatoms. The minimum absolute atomic E-state index is 0.135. The number of carbonyl (C=O) groups is 4. The molecule has 2 aliphatic rings. The van der Waals surface area contributed by atoms with E-state index in [-0.39, 0.29) is 29.7 Å². The van der Waals surface area contributed by atoms with Crippen LogP contribution in [0, 0.1) is 0 Å². The molecule has 182 valence electrons. The van der Waals surface area contributed by atoms with Crippen molar-refractivity contribution in [1.29, 1.82) is 0 Å². The van der Waals surface area contributed by atoms with E-state index in [0.29, 0.717) is 48.9 Å². The van der Waals surface area contributed by atoms with Gasteiger partial charge in [-0.25, -0.2) is 0 Å². The summed E-state index contributed by atoms with van der Waals surface area (Å²) in [6.45, 7) is 1.63. The number of hydrogen-bond acceptors (Lipinski definition) is 8. The number of carbonyl (C=O) groups excluding carboxylic acids is 4. The molecule has 0 aliphatic carbocycles. The maximum Gasteiger partial charge on any atom is 0.293 e. The van der Waals surface area contributed by atoms with Crippen LogP contribution in [-0.4, -0.2) is 79.2 Å². The van der Waals surface area contributed by atoms with Gasteiger partial charge in [-0.3, -0.25) is 24.1 Å². The number of morpholine rings is 1. The number of benzene rings is 2. The first-order chi connectivity index (χ1) is 17.0. The Morgan fingerprint density at radius 1 is 1.06 bits per heavy atom. The fraction of sp³-hybridized carbons (Fsp3) is 0.280. The summed E-state index contributed by atoms with van der Waals surface area (Å²) in [5.41, 5.74) is 1.04. The summed E-state index contributed by atoms with van der Waals surface area (Å²) >= 11 is 0.775. The quantitative estimate of drug-likeness (QED) is 0.406. The van der Waals surface area contributed by atoms with Crippen molar-refractivity contribution >= 4 is 40.7 Å². The molecule has 4 rings (SSSR count). The Labute approximate surface area is 206 Å². The van der Waals surface area contributed by atoms with Crippen molar-refractivity contribution in [2.24, 2.45) is 0 Å². The number of thioether (sulfide) groups is 1. The molecule has 2 aliphatic heterocycles. The van der Waals surface area contributed by atoms with E-state index in [0.717, 1.165) is 16.7 Å². The number of rotatable bonds is 8. The predicted octanol–water partition coefficient (Wildman–Crippen LogP) is 2.85. The molecule has 0 N–H and O–H groups in total. The highest BCUT2D eigenvalue weighted by molar-refractivity contribution is 8.18. The van der Waals surface area contributed by atoms with Gasteiger partial charge >= 0.3 is 0 Å². The molecule has 2 aromatic carbocycles. The van der Waals surface area contributed by atoms with Crippen LogP contribution in [0.4, 0.5) is 4.79 Å². The normalized spacial score (nSPS) is 17.1. The molecular weight excluding hydrogens is 472 g/mol. The maximum atomic E-state index is 12.8. The van der Waals surface area contributed by atoms with Gasteiger partial charge in [0.2, 0.25) is 0 Å². The molecule has 9 nitrogen and oxygen atoms in total. The minimum Gasteiger partial charge on any atom is -0.493 e. The molecule has 2 saturated heterocycles. The summed E-state index contributed by atoms with van der Waals surface area (Å²) in [5.74, 6) is -0.221. The van der Waals surface area contributed by atoms with Crippen molar-refractivity contribution in [3.05, 3.63) is 64.6 Å². The van der Waals surface area contributed by atoms with Gasteiger partial charge in [0.1, 0.15) is 0 Å². The molecule has 2 aromatic rings. The fourth-order valence-corrected chi connectivity index (χ4v) is 4.42. The van der Waals surface area contributed by atoms with Crippen molar-refractivity contribution in [1.82, 2.24) is 9.80 Å². The van der Waals surface area contributed by atoms with Gasteiger partial charge in [0.25, 0.3) is 17.1 Å². The zero-order valence-electron chi connectivity index (χ0n) is 19.1. The van der Waals surface area contributed by atoms with Gasteiger partial charge in [-0.2, -0.15) is 0 Å². The molecular formula is C25H24N2O7S. The van der Waals surface area contributed by atoms with Crippen LogP contribution in [0.5, 0.6) is 11.5 Å². The van der Waals surface area contributed by atoms with Crippen LogP contribution < -0.4 is 9.47 Å². The van der Waals surface area contributed by atoms with Crippen LogP contribution in [0.25, 0.3) is 6.08 Å². The van der Waals surface area contributed by atoms with Crippen molar-refractivity contribution in [2.75, 3.05) is 46.6 Å². The van der Waals surface area contributed by atoms with Crippen LogP contribution in [-0.2, 0) is 14.3 Å². The minimum atomic E-state index is -0.528. The van der Waals surface area contributed by atoms with E-state index in [9.17, 15) is 19.2 Å². The number of methoxy groups -OCH3 is 1. The number of ether oxygens (including phenoxy) is 3. The average Bonchev–Trinajstić information content (AvgIpc) is 3.15. The topological polar surface area (TPSA) is 102 Å². The molecule has 0 saturated carbocycles. The zero-order chi connectivity index (χ0) is 24.8. The lowest BCUT2D eigenvalue weighted by Crippen LogP contribution is -2.43. The number of ketones is 1. The van der Waals surface area contributed by atoms with E-state index in [1.54, 1.807) is 59.5 Å². The average molecular weight is 497 g/mol. The first-order valence-electron chi connectivity index (χ1n) is 11.0. The summed E-state index contributed by atoms with van der Waals surface area (Å²) in [4.78, 5) is 52.8.